The Bertz CT molecular complexity index is 563. The minimum Gasteiger partial charge on any atom is -0.480 e. The number of carbonyl (C=O) groups excluding carboxylic acids is 1. The fraction of sp³-hybridized carbons (Fsp3) is 0.467. The van der Waals surface area contributed by atoms with E-state index in [2.05, 4.69) is 5.32 Å². The molecule has 0 aliphatic carbocycles. The molecule has 1 fully saturated rings. The van der Waals surface area contributed by atoms with Crippen molar-refractivity contribution in [1.29, 1.82) is 0 Å². The van der Waals surface area contributed by atoms with Crippen molar-refractivity contribution in [3.05, 3.63) is 23.2 Å². The van der Waals surface area contributed by atoms with E-state index in [1.54, 1.807) is 12.1 Å². The van der Waals surface area contributed by atoms with E-state index in [0.29, 0.717) is 25.1 Å². The van der Waals surface area contributed by atoms with Gasteiger partial charge < -0.3 is 19.9 Å². The predicted molar refractivity (Wildman–Crippen MR) is 81.4 cm³/mol. The normalized spacial score (nSPS) is 21.2. The molecular formula is C15H18ClNO5. The summed E-state index contributed by atoms with van der Waals surface area (Å²) < 4.78 is 10.5. The molecule has 2 atom stereocenters. The number of amides is 1. The number of ether oxygens (including phenoxy) is 2. The van der Waals surface area contributed by atoms with Crippen molar-refractivity contribution in [2.45, 2.75) is 25.9 Å². The zero-order chi connectivity index (χ0) is 16.1. The Kier molecular flexibility index (Phi) is 5.63. The fourth-order valence-electron chi connectivity index (χ4n) is 2.32. The minimum absolute atomic E-state index is 0.0644. The van der Waals surface area contributed by atoms with Crippen molar-refractivity contribution in [3.8, 4) is 5.75 Å². The zero-order valence-electron chi connectivity index (χ0n) is 12.2. The summed E-state index contributed by atoms with van der Waals surface area (Å²) in [6.07, 6.45) is 1.48. The lowest BCUT2D eigenvalue weighted by Gasteiger charge is -2.26. The zero-order valence-corrected chi connectivity index (χ0v) is 12.9. The number of rotatable bonds is 5. The molecule has 6 nitrogen and oxygen atoms in total. The van der Waals surface area contributed by atoms with Gasteiger partial charge >= 0.3 is 5.97 Å². The summed E-state index contributed by atoms with van der Waals surface area (Å²) in [7, 11) is 0. The number of aliphatic carboxylic acids is 1. The first-order chi connectivity index (χ1) is 10.5. The van der Waals surface area contributed by atoms with Crippen molar-refractivity contribution in [1.82, 2.24) is 0 Å². The van der Waals surface area contributed by atoms with Crippen molar-refractivity contribution >= 4 is 29.2 Å². The number of carboxylic acids is 1. The Balaban J connectivity index is 1.96. The average Bonchev–Trinajstić information content (AvgIpc) is 2.46. The van der Waals surface area contributed by atoms with Crippen LogP contribution in [0.1, 0.15) is 19.8 Å². The van der Waals surface area contributed by atoms with Gasteiger partial charge in [0.05, 0.1) is 11.1 Å². The predicted octanol–water partition coefficient (Wildman–Crippen LogP) is 2.56. The molecule has 1 heterocycles. The Morgan fingerprint density at radius 1 is 1.50 bits per heavy atom. The van der Waals surface area contributed by atoms with E-state index in [-0.39, 0.29) is 28.7 Å². The quantitative estimate of drug-likeness (QED) is 0.868. The maximum atomic E-state index is 12.2. The van der Waals surface area contributed by atoms with Crippen LogP contribution < -0.4 is 10.1 Å². The smallest absolute Gasteiger partial charge is 0.341 e. The van der Waals surface area contributed by atoms with Crippen LogP contribution >= 0.6 is 11.6 Å². The van der Waals surface area contributed by atoms with Crippen LogP contribution in [0.2, 0.25) is 5.02 Å². The Hall–Kier alpha value is -1.79. The molecule has 1 aromatic carbocycles. The Labute approximate surface area is 133 Å². The highest BCUT2D eigenvalue weighted by molar-refractivity contribution is 6.32. The van der Waals surface area contributed by atoms with E-state index < -0.39 is 12.6 Å². The molecule has 2 rings (SSSR count). The van der Waals surface area contributed by atoms with Crippen LogP contribution in [0, 0.1) is 5.92 Å². The molecule has 0 bridgehead atoms. The summed E-state index contributed by atoms with van der Waals surface area (Å²) in [4.78, 5) is 22.7. The summed E-state index contributed by atoms with van der Waals surface area (Å²) in [5, 5.41) is 11.6. The van der Waals surface area contributed by atoms with E-state index in [1.807, 2.05) is 6.92 Å². The van der Waals surface area contributed by atoms with Crippen LogP contribution in [0.5, 0.6) is 5.75 Å². The lowest BCUT2D eigenvalue weighted by Crippen LogP contribution is -2.32. The molecule has 0 spiro atoms. The number of carbonyl (C=O) groups is 2. The van der Waals surface area contributed by atoms with Gasteiger partial charge in [0.1, 0.15) is 5.75 Å². The van der Waals surface area contributed by atoms with Gasteiger partial charge in [-0.3, -0.25) is 4.79 Å². The molecule has 1 saturated heterocycles. The largest absolute Gasteiger partial charge is 0.480 e. The highest BCUT2D eigenvalue weighted by Gasteiger charge is 2.25. The van der Waals surface area contributed by atoms with Gasteiger partial charge in [0.15, 0.2) is 6.61 Å². The number of anilines is 1. The minimum atomic E-state index is -1.08. The lowest BCUT2D eigenvalue weighted by atomic mass is 9.95. The topological polar surface area (TPSA) is 84.9 Å². The molecular weight excluding hydrogens is 310 g/mol. The van der Waals surface area contributed by atoms with Gasteiger partial charge in [-0.1, -0.05) is 11.6 Å². The van der Waals surface area contributed by atoms with Gasteiger partial charge in [0.2, 0.25) is 5.91 Å². The van der Waals surface area contributed by atoms with Crippen LogP contribution in [0.25, 0.3) is 0 Å². The van der Waals surface area contributed by atoms with Gasteiger partial charge in [0, 0.05) is 18.2 Å². The number of nitrogens with one attached hydrogen (secondary N) is 1. The monoisotopic (exact) mass is 327 g/mol. The summed E-state index contributed by atoms with van der Waals surface area (Å²) in [5.74, 6) is -0.959. The molecule has 2 N–H and O–H groups in total. The molecule has 1 aliphatic heterocycles. The second kappa shape index (κ2) is 7.47. The number of halogens is 1. The van der Waals surface area contributed by atoms with Crippen molar-refractivity contribution in [2.24, 2.45) is 5.92 Å². The summed E-state index contributed by atoms with van der Waals surface area (Å²) >= 11 is 6.02. The third-order valence-corrected chi connectivity index (χ3v) is 3.70. The van der Waals surface area contributed by atoms with Gasteiger partial charge in [-0.05, 0) is 38.0 Å². The second-order valence-electron chi connectivity index (χ2n) is 5.22. The van der Waals surface area contributed by atoms with E-state index in [1.165, 1.54) is 6.07 Å². The van der Waals surface area contributed by atoms with Gasteiger partial charge in [0.25, 0.3) is 0 Å². The van der Waals surface area contributed by atoms with Crippen LogP contribution in [0.3, 0.4) is 0 Å². The molecule has 0 unspecified atom stereocenters. The Morgan fingerprint density at radius 3 is 2.91 bits per heavy atom. The first-order valence-corrected chi connectivity index (χ1v) is 7.40. The number of hydrogen-bond donors (Lipinski definition) is 2. The van der Waals surface area contributed by atoms with E-state index in [9.17, 15) is 9.59 Å². The maximum Gasteiger partial charge on any atom is 0.341 e. The SMILES string of the molecule is C[C@@H]1C[C@H](C(=O)Nc2ccc(OCC(=O)O)c(Cl)c2)CCO1. The van der Waals surface area contributed by atoms with Crippen LogP contribution in [-0.4, -0.2) is 36.3 Å². The summed E-state index contributed by atoms with van der Waals surface area (Å²) in [6, 6.07) is 4.70. The van der Waals surface area contributed by atoms with Gasteiger partial charge in [-0.2, -0.15) is 0 Å². The van der Waals surface area contributed by atoms with Gasteiger partial charge in [-0.15, -0.1) is 0 Å². The second-order valence-corrected chi connectivity index (χ2v) is 5.63. The van der Waals surface area contributed by atoms with E-state index in [4.69, 9.17) is 26.2 Å². The number of hydrogen-bond acceptors (Lipinski definition) is 4. The summed E-state index contributed by atoms with van der Waals surface area (Å²) in [5.41, 5.74) is 0.553. The fourth-order valence-corrected chi connectivity index (χ4v) is 2.55. The van der Waals surface area contributed by atoms with Crippen LogP contribution in [-0.2, 0) is 14.3 Å². The molecule has 1 aliphatic rings. The molecule has 1 amide bonds. The molecule has 1 aromatic rings. The molecule has 7 heteroatoms. The highest BCUT2D eigenvalue weighted by Crippen LogP contribution is 2.28. The Morgan fingerprint density at radius 2 is 2.27 bits per heavy atom. The van der Waals surface area contributed by atoms with Crippen molar-refractivity contribution in [2.75, 3.05) is 18.5 Å². The highest BCUT2D eigenvalue weighted by atomic mass is 35.5. The van der Waals surface area contributed by atoms with Crippen molar-refractivity contribution < 1.29 is 24.2 Å². The number of benzene rings is 1. The lowest BCUT2D eigenvalue weighted by molar-refractivity contribution is -0.139. The van der Waals surface area contributed by atoms with Crippen LogP contribution in [0.4, 0.5) is 5.69 Å². The standard InChI is InChI=1S/C15H18ClNO5/c1-9-6-10(4-5-21-9)15(20)17-11-2-3-13(12(16)7-11)22-8-14(18)19/h2-3,7,9-10H,4-6,8H2,1H3,(H,17,20)(H,18,19)/t9-,10-/m1/s1. The first-order valence-electron chi connectivity index (χ1n) is 7.02. The van der Waals surface area contributed by atoms with Crippen LogP contribution in [0.15, 0.2) is 18.2 Å². The molecule has 120 valence electrons. The van der Waals surface area contributed by atoms with Crippen molar-refractivity contribution in [3.63, 3.8) is 0 Å². The molecule has 0 aromatic heterocycles. The molecule has 0 saturated carbocycles. The van der Waals surface area contributed by atoms with E-state index in [0.717, 1.165) is 0 Å². The third-order valence-electron chi connectivity index (χ3n) is 3.41. The molecule has 0 radical (unpaired) electrons. The van der Waals surface area contributed by atoms with Gasteiger partial charge in [-0.25, -0.2) is 4.79 Å². The maximum absolute atomic E-state index is 12.2. The number of carboxylic acid groups (broad SMARTS) is 1. The average molecular weight is 328 g/mol. The molecule has 22 heavy (non-hydrogen) atoms. The first kappa shape index (κ1) is 16.6. The summed E-state index contributed by atoms with van der Waals surface area (Å²) in [6.45, 7) is 2.07. The van der Waals surface area contributed by atoms with E-state index >= 15 is 0 Å². The third kappa shape index (κ3) is 4.61.